The molecule has 0 heterocycles. The maximum atomic E-state index is 12.2. The van der Waals surface area contributed by atoms with Gasteiger partial charge in [0, 0.05) is 25.2 Å². The third-order valence-corrected chi connectivity index (χ3v) is 2.80. The molecule has 0 aliphatic rings. The normalized spacial score (nSPS) is 10.0. The Labute approximate surface area is 125 Å². The molecule has 0 radical (unpaired) electrons. The van der Waals surface area contributed by atoms with Crippen molar-refractivity contribution in [2.45, 2.75) is 26.7 Å². The lowest BCUT2D eigenvalue weighted by Gasteiger charge is -2.12. The lowest BCUT2D eigenvalue weighted by Crippen LogP contribution is -2.31. The lowest BCUT2D eigenvalue weighted by molar-refractivity contribution is -0.120. The Hall–Kier alpha value is -2.24. The van der Waals surface area contributed by atoms with Gasteiger partial charge in [0.15, 0.2) is 0 Å². The highest BCUT2D eigenvalue weighted by molar-refractivity contribution is 6.02. The molecule has 0 fully saturated rings. The Kier molecular flexibility index (Phi) is 7.08. The summed E-state index contributed by atoms with van der Waals surface area (Å²) in [7, 11) is 0. The third kappa shape index (κ3) is 5.33. The summed E-state index contributed by atoms with van der Waals surface area (Å²) in [5.41, 5.74) is 6.50. The SMILES string of the molecule is CCCNC(=O)CCNC(=O)c1c(N)cccc1OCC. The van der Waals surface area contributed by atoms with Crippen LogP contribution in [0.3, 0.4) is 0 Å². The molecule has 1 rings (SSSR count). The number of rotatable bonds is 8. The van der Waals surface area contributed by atoms with Gasteiger partial charge >= 0.3 is 0 Å². The van der Waals surface area contributed by atoms with Crippen LogP contribution in [0.1, 0.15) is 37.0 Å². The van der Waals surface area contributed by atoms with E-state index in [4.69, 9.17) is 10.5 Å². The topological polar surface area (TPSA) is 93.5 Å². The van der Waals surface area contributed by atoms with Gasteiger partial charge in [-0.3, -0.25) is 9.59 Å². The zero-order valence-corrected chi connectivity index (χ0v) is 12.6. The zero-order chi connectivity index (χ0) is 15.7. The van der Waals surface area contributed by atoms with Crippen LogP contribution in [0.2, 0.25) is 0 Å². The molecule has 0 unspecified atom stereocenters. The van der Waals surface area contributed by atoms with E-state index in [0.717, 1.165) is 6.42 Å². The van der Waals surface area contributed by atoms with Crippen LogP contribution in [0.5, 0.6) is 5.75 Å². The number of carbonyl (C=O) groups excluding carboxylic acids is 2. The number of carbonyl (C=O) groups is 2. The Morgan fingerprint density at radius 3 is 2.62 bits per heavy atom. The fraction of sp³-hybridized carbons (Fsp3) is 0.467. The summed E-state index contributed by atoms with van der Waals surface area (Å²) in [6.45, 7) is 5.17. The van der Waals surface area contributed by atoms with Crippen LogP contribution in [0.4, 0.5) is 5.69 Å². The van der Waals surface area contributed by atoms with Crippen LogP contribution in [0.25, 0.3) is 0 Å². The van der Waals surface area contributed by atoms with E-state index in [2.05, 4.69) is 10.6 Å². The fourth-order valence-corrected chi connectivity index (χ4v) is 1.80. The van der Waals surface area contributed by atoms with Gasteiger partial charge in [-0.25, -0.2) is 0 Å². The molecule has 0 aliphatic heterocycles. The molecule has 6 nitrogen and oxygen atoms in total. The summed E-state index contributed by atoms with van der Waals surface area (Å²) in [6.07, 6.45) is 1.12. The standard InChI is InChI=1S/C15H23N3O3/c1-3-9-17-13(19)8-10-18-15(20)14-11(16)6-5-7-12(14)21-4-2/h5-7H,3-4,8-10,16H2,1-2H3,(H,17,19)(H,18,20). The van der Waals surface area contributed by atoms with Gasteiger partial charge in [0.1, 0.15) is 11.3 Å². The van der Waals surface area contributed by atoms with Gasteiger partial charge in [-0.2, -0.15) is 0 Å². The second-order valence-electron chi connectivity index (χ2n) is 4.51. The van der Waals surface area contributed by atoms with E-state index in [1.807, 2.05) is 13.8 Å². The largest absolute Gasteiger partial charge is 0.493 e. The number of amides is 2. The number of hydrogen-bond acceptors (Lipinski definition) is 4. The molecule has 0 aliphatic carbocycles. The quantitative estimate of drug-likeness (QED) is 0.630. The second-order valence-corrected chi connectivity index (χ2v) is 4.51. The Bertz CT molecular complexity index is 489. The molecule has 0 spiro atoms. The second kappa shape index (κ2) is 8.84. The molecule has 4 N–H and O–H groups in total. The first-order valence-electron chi connectivity index (χ1n) is 7.16. The summed E-state index contributed by atoms with van der Waals surface area (Å²) in [4.78, 5) is 23.6. The van der Waals surface area contributed by atoms with Gasteiger partial charge < -0.3 is 21.1 Å². The Morgan fingerprint density at radius 2 is 1.95 bits per heavy atom. The van der Waals surface area contributed by atoms with Crippen molar-refractivity contribution >= 4 is 17.5 Å². The summed E-state index contributed by atoms with van der Waals surface area (Å²) in [5.74, 6) is 0.0356. The zero-order valence-electron chi connectivity index (χ0n) is 12.6. The molecule has 0 atom stereocenters. The number of nitrogen functional groups attached to an aromatic ring is 1. The number of hydrogen-bond donors (Lipinski definition) is 3. The monoisotopic (exact) mass is 293 g/mol. The average Bonchev–Trinajstić information content (AvgIpc) is 2.45. The first-order valence-corrected chi connectivity index (χ1v) is 7.16. The minimum atomic E-state index is -0.333. The van der Waals surface area contributed by atoms with Crippen molar-refractivity contribution in [3.63, 3.8) is 0 Å². The molecule has 0 bridgehead atoms. The first kappa shape index (κ1) is 16.8. The van der Waals surface area contributed by atoms with Crippen molar-refractivity contribution in [1.29, 1.82) is 0 Å². The summed E-state index contributed by atoms with van der Waals surface area (Å²) < 4.78 is 5.40. The fourth-order valence-electron chi connectivity index (χ4n) is 1.80. The molecule has 21 heavy (non-hydrogen) atoms. The van der Waals surface area contributed by atoms with E-state index in [1.54, 1.807) is 18.2 Å². The van der Waals surface area contributed by atoms with Gasteiger partial charge in [0.2, 0.25) is 5.91 Å². The van der Waals surface area contributed by atoms with Gasteiger partial charge in [0.05, 0.1) is 6.61 Å². The minimum Gasteiger partial charge on any atom is -0.493 e. The van der Waals surface area contributed by atoms with Gasteiger partial charge in [0.25, 0.3) is 5.91 Å². The number of anilines is 1. The molecule has 1 aromatic carbocycles. The molecule has 1 aromatic rings. The summed E-state index contributed by atoms with van der Waals surface area (Å²) in [5, 5.41) is 5.44. The van der Waals surface area contributed by atoms with Crippen LogP contribution in [-0.2, 0) is 4.79 Å². The molecule has 6 heteroatoms. The smallest absolute Gasteiger partial charge is 0.257 e. The van der Waals surface area contributed by atoms with Gasteiger partial charge in [-0.15, -0.1) is 0 Å². The first-order chi connectivity index (χ1) is 10.1. The highest BCUT2D eigenvalue weighted by Gasteiger charge is 2.15. The highest BCUT2D eigenvalue weighted by atomic mass is 16.5. The van der Waals surface area contributed by atoms with E-state index >= 15 is 0 Å². The Morgan fingerprint density at radius 1 is 1.19 bits per heavy atom. The lowest BCUT2D eigenvalue weighted by atomic mass is 10.1. The van der Waals surface area contributed by atoms with E-state index in [-0.39, 0.29) is 24.8 Å². The molecule has 0 saturated carbocycles. The van der Waals surface area contributed by atoms with Crippen molar-refractivity contribution < 1.29 is 14.3 Å². The van der Waals surface area contributed by atoms with Crippen molar-refractivity contribution in [2.24, 2.45) is 0 Å². The number of ether oxygens (including phenoxy) is 1. The molecule has 0 aromatic heterocycles. The maximum Gasteiger partial charge on any atom is 0.257 e. The molecule has 116 valence electrons. The Balaban J connectivity index is 2.58. The third-order valence-electron chi connectivity index (χ3n) is 2.80. The van der Waals surface area contributed by atoms with E-state index < -0.39 is 0 Å². The summed E-state index contributed by atoms with van der Waals surface area (Å²) >= 11 is 0. The van der Waals surface area contributed by atoms with Crippen molar-refractivity contribution in [1.82, 2.24) is 10.6 Å². The number of nitrogens with two attached hydrogens (primary N) is 1. The van der Waals surface area contributed by atoms with Crippen LogP contribution < -0.4 is 21.1 Å². The molecule has 2 amide bonds. The van der Waals surface area contributed by atoms with Crippen molar-refractivity contribution in [3.05, 3.63) is 23.8 Å². The predicted molar refractivity (Wildman–Crippen MR) is 82.3 cm³/mol. The molecular formula is C15H23N3O3. The van der Waals surface area contributed by atoms with Crippen LogP contribution in [0, 0.1) is 0 Å². The van der Waals surface area contributed by atoms with Crippen LogP contribution in [-0.4, -0.2) is 31.5 Å². The average molecular weight is 293 g/mol. The van der Waals surface area contributed by atoms with Crippen LogP contribution in [0.15, 0.2) is 18.2 Å². The van der Waals surface area contributed by atoms with E-state index in [1.165, 1.54) is 0 Å². The van der Waals surface area contributed by atoms with Crippen molar-refractivity contribution in [3.8, 4) is 5.75 Å². The van der Waals surface area contributed by atoms with Gasteiger partial charge in [-0.05, 0) is 25.5 Å². The number of benzene rings is 1. The summed E-state index contributed by atoms with van der Waals surface area (Å²) in [6, 6.07) is 5.07. The minimum absolute atomic E-state index is 0.0804. The van der Waals surface area contributed by atoms with Gasteiger partial charge in [-0.1, -0.05) is 13.0 Å². The number of nitrogens with one attached hydrogen (secondary N) is 2. The molecular weight excluding hydrogens is 270 g/mol. The highest BCUT2D eigenvalue weighted by Crippen LogP contribution is 2.24. The van der Waals surface area contributed by atoms with Crippen molar-refractivity contribution in [2.75, 3.05) is 25.4 Å². The van der Waals surface area contributed by atoms with E-state index in [0.29, 0.717) is 30.2 Å². The maximum absolute atomic E-state index is 12.2. The van der Waals surface area contributed by atoms with E-state index in [9.17, 15) is 9.59 Å². The molecule has 0 saturated heterocycles. The predicted octanol–water partition coefficient (Wildman–Crippen LogP) is 1.31. The van der Waals surface area contributed by atoms with Crippen LogP contribution >= 0.6 is 0 Å².